The van der Waals surface area contributed by atoms with E-state index in [9.17, 15) is 19.4 Å². The number of para-hydroxylation sites is 1. The lowest BCUT2D eigenvalue weighted by atomic mass is 9.94. The van der Waals surface area contributed by atoms with Crippen LogP contribution in [0.1, 0.15) is 62.0 Å². The van der Waals surface area contributed by atoms with Gasteiger partial charge in [-0.2, -0.15) is 0 Å². The molecule has 204 valence electrons. The molecule has 39 heavy (non-hydrogen) atoms. The number of rotatable bonds is 11. The first-order valence-electron chi connectivity index (χ1n) is 13.6. The molecule has 0 aliphatic carbocycles. The summed E-state index contributed by atoms with van der Waals surface area (Å²) in [6.45, 7) is 6.41. The zero-order chi connectivity index (χ0) is 27.9. The standard InChI is InChI=1S/C33H37FN2O3/c1-4-27(37)21-28(38)19-20-36-31(22(2)3)30(33(39)35-26-13-9-6-10-14-26)29(23-11-7-5-8-12-23)32(36)24-15-17-25(34)18-16-24/h5-18,22,27-28,37-38H,4,19-21H2,1-3H3,(H,35,39)/t27-,28-/m1/s1. The number of carbonyl (C=O) groups is 1. The lowest BCUT2D eigenvalue weighted by Crippen LogP contribution is -2.20. The Morgan fingerprint density at radius 2 is 1.49 bits per heavy atom. The van der Waals surface area contributed by atoms with Crippen LogP contribution in [-0.2, 0) is 6.54 Å². The Kier molecular flexibility index (Phi) is 9.33. The first-order valence-corrected chi connectivity index (χ1v) is 13.6. The van der Waals surface area contributed by atoms with Crippen LogP contribution >= 0.6 is 0 Å². The highest BCUT2D eigenvalue weighted by Gasteiger charge is 2.30. The summed E-state index contributed by atoms with van der Waals surface area (Å²) in [6, 6.07) is 25.4. The maximum absolute atomic E-state index is 14.0. The molecule has 0 radical (unpaired) electrons. The van der Waals surface area contributed by atoms with Crippen LogP contribution in [0.15, 0.2) is 84.9 Å². The van der Waals surface area contributed by atoms with Gasteiger partial charge in [-0.1, -0.05) is 69.3 Å². The summed E-state index contributed by atoms with van der Waals surface area (Å²) in [5.74, 6) is -0.599. The lowest BCUT2D eigenvalue weighted by molar-refractivity contribution is 0.0711. The third-order valence-electron chi connectivity index (χ3n) is 6.99. The minimum Gasteiger partial charge on any atom is -0.393 e. The zero-order valence-electron chi connectivity index (χ0n) is 22.8. The lowest BCUT2D eigenvalue weighted by Gasteiger charge is -2.20. The molecule has 0 aliphatic rings. The molecule has 4 rings (SSSR count). The topological polar surface area (TPSA) is 74.5 Å². The molecule has 0 fully saturated rings. The smallest absolute Gasteiger partial charge is 0.258 e. The Morgan fingerprint density at radius 1 is 0.872 bits per heavy atom. The number of nitrogens with zero attached hydrogens (tertiary/aromatic N) is 1. The van der Waals surface area contributed by atoms with Gasteiger partial charge in [0.2, 0.25) is 0 Å². The molecule has 0 bridgehead atoms. The molecular weight excluding hydrogens is 491 g/mol. The van der Waals surface area contributed by atoms with E-state index < -0.39 is 12.2 Å². The van der Waals surface area contributed by atoms with Crippen molar-refractivity contribution >= 4 is 11.6 Å². The van der Waals surface area contributed by atoms with Gasteiger partial charge in [0, 0.05) is 23.5 Å². The third kappa shape index (κ3) is 6.64. The van der Waals surface area contributed by atoms with Crippen molar-refractivity contribution in [3.8, 4) is 22.4 Å². The number of hydrogen-bond donors (Lipinski definition) is 3. The summed E-state index contributed by atoms with van der Waals surface area (Å²) in [5, 5.41) is 23.9. The van der Waals surface area contributed by atoms with Crippen LogP contribution in [0.2, 0.25) is 0 Å². The van der Waals surface area contributed by atoms with Crippen LogP contribution in [0, 0.1) is 5.82 Å². The second-order valence-corrected chi connectivity index (χ2v) is 10.2. The molecule has 2 atom stereocenters. The number of halogens is 1. The molecular formula is C33H37FN2O3. The van der Waals surface area contributed by atoms with Gasteiger partial charge in [-0.3, -0.25) is 4.79 Å². The molecule has 3 N–H and O–H groups in total. The molecule has 6 heteroatoms. The van der Waals surface area contributed by atoms with Crippen molar-refractivity contribution in [2.24, 2.45) is 0 Å². The van der Waals surface area contributed by atoms with E-state index in [-0.39, 0.29) is 24.1 Å². The molecule has 0 unspecified atom stereocenters. The molecule has 0 spiro atoms. The fourth-order valence-electron chi connectivity index (χ4n) is 5.08. The van der Waals surface area contributed by atoms with Crippen molar-refractivity contribution in [2.45, 2.75) is 64.7 Å². The van der Waals surface area contributed by atoms with Crippen LogP contribution in [0.25, 0.3) is 22.4 Å². The molecule has 3 aromatic carbocycles. The molecule has 0 aliphatic heterocycles. The quantitative estimate of drug-likeness (QED) is 0.192. The van der Waals surface area contributed by atoms with Crippen LogP contribution in [0.3, 0.4) is 0 Å². The van der Waals surface area contributed by atoms with Gasteiger partial charge in [0.1, 0.15) is 5.82 Å². The van der Waals surface area contributed by atoms with Gasteiger partial charge >= 0.3 is 0 Å². The largest absolute Gasteiger partial charge is 0.393 e. The Bertz CT molecular complexity index is 1370. The minimum atomic E-state index is -0.704. The van der Waals surface area contributed by atoms with Crippen LogP contribution in [0.5, 0.6) is 0 Å². The van der Waals surface area contributed by atoms with Gasteiger partial charge in [0.25, 0.3) is 5.91 Å². The summed E-state index contributed by atoms with van der Waals surface area (Å²) in [6.07, 6.45) is -0.0231. The maximum Gasteiger partial charge on any atom is 0.258 e. The molecule has 4 aromatic rings. The molecule has 1 amide bonds. The second-order valence-electron chi connectivity index (χ2n) is 10.2. The van der Waals surface area contributed by atoms with E-state index in [0.717, 1.165) is 28.1 Å². The Morgan fingerprint density at radius 3 is 2.08 bits per heavy atom. The van der Waals surface area contributed by atoms with Gasteiger partial charge in [-0.05, 0) is 72.7 Å². The number of benzene rings is 3. The maximum atomic E-state index is 14.0. The Balaban J connectivity index is 1.94. The predicted molar refractivity (Wildman–Crippen MR) is 155 cm³/mol. The van der Waals surface area contributed by atoms with Crippen molar-refractivity contribution in [3.63, 3.8) is 0 Å². The second kappa shape index (κ2) is 12.9. The summed E-state index contributed by atoms with van der Waals surface area (Å²) in [7, 11) is 0. The van der Waals surface area contributed by atoms with Crippen molar-refractivity contribution in [2.75, 3.05) is 5.32 Å². The minimum absolute atomic E-state index is 0.0310. The normalized spacial score (nSPS) is 12.9. The van der Waals surface area contributed by atoms with Crippen LogP contribution in [0.4, 0.5) is 10.1 Å². The number of anilines is 1. The van der Waals surface area contributed by atoms with Crippen LogP contribution in [-0.4, -0.2) is 32.9 Å². The van der Waals surface area contributed by atoms with E-state index in [4.69, 9.17) is 0 Å². The van der Waals surface area contributed by atoms with Crippen molar-refractivity contribution in [1.82, 2.24) is 4.57 Å². The average molecular weight is 529 g/mol. The zero-order valence-corrected chi connectivity index (χ0v) is 22.8. The number of aliphatic hydroxyl groups is 2. The number of nitrogens with one attached hydrogen (secondary N) is 1. The van der Waals surface area contributed by atoms with Gasteiger partial charge in [0.05, 0.1) is 23.5 Å². The fourth-order valence-corrected chi connectivity index (χ4v) is 5.08. The highest BCUT2D eigenvalue weighted by atomic mass is 19.1. The number of aromatic nitrogens is 1. The van der Waals surface area contributed by atoms with Gasteiger partial charge in [-0.15, -0.1) is 0 Å². The number of aliphatic hydroxyl groups excluding tert-OH is 2. The van der Waals surface area contributed by atoms with Crippen LogP contribution < -0.4 is 5.32 Å². The summed E-state index contributed by atoms with van der Waals surface area (Å²) < 4.78 is 16.1. The summed E-state index contributed by atoms with van der Waals surface area (Å²) >= 11 is 0. The van der Waals surface area contributed by atoms with Crippen molar-refractivity contribution < 1.29 is 19.4 Å². The Hall–Kier alpha value is -3.74. The van der Waals surface area contributed by atoms with Gasteiger partial charge < -0.3 is 20.1 Å². The number of amides is 1. The summed E-state index contributed by atoms with van der Waals surface area (Å²) in [4.78, 5) is 14.0. The predicted octanol–water partition coefficient (Wildman–Crippen LogP) is 7.25. The number of hydrogen-bond acceptors (Lipinski definition) is 3. The Labute approximate surface area is 230 Å². The SMILES string of the molecule is CC[C@@H](O)C[C@H](O)CCn1c(-c2ccc(F)cc2)c(-c2ccccc2)c(C(=O)Nc2ccccc2)c1C(C)C. The van der Waals surface area contributed by atoms with Gasteiger partial charge in [-0.25, -0.2) is 4.39 Å². The molecule has 5 nitrogen and oxygen atoms in total. The summed E-state index contributed by atoms with van der Waals surface area (Å²) in [5.41, 5.74) is 5.30. The van der Waals surface area contributed by atoms with E-state index in [1.54, 1.807) is 12.1 Å². The average Bonchev–Trinajstić information content (AvgIpc) is 3.29. The molecule has 0 saturated heterocycles. The highest BCUT2D eigenvalue weighted by molar-refractivity contribution is 6.12. The fraction of sp³-hybridized carbons (Fsp3) is 0.303. The highest BCUT2D eigenvalue weighted by Crippen LogP contribution is 2.42. The van der Waals surface area contributed by atoms with Crippen molar-refractivity contribution in [3.05, 3.63) is 102 Å². The van der Waals surface area contributed by atoms with E-state index in [0.29, 0.717) is 30.6 Å². The number of carbonyl (C=O) groups excluding carboxylic acids is 1. The van der Waals surface area contributed by atoms with Gasteiger partial charge in [0.15, 0.2) is 0 Å². The molecule has 1 heterocycles. The first-order chi connectivity index (χ1) is 18.8. The third-order valence-corrected chi connectivity index (χ3v) is 6.99. The van der Waals surface area contributed by atoms with E-state index in [1.165, 1.54) is 12.1 Å². The van der Waals surface area contributed by atoms with E-state index >= 15 is 0 Å². The first kappa shape index (κ1) is 28.3. The van der Waals surface area contributed by atoms with E-state index in [2.05, 4.69) is 9.88 Å². The van der Waals surface area contributed by atoms with Crippen molar-refractivity contribution in [1.29, 1.82) is 0 Å². The molecule has 0 saturated carbocycles. The van der Waals surface area contributed by atoms with E-state index in [1.807, 2.05) is 81.4 Å². The molecule has 1 aromatic heterocycles. The monoisotopic (exact) mass is 528 g/mol.